The van der Waals surface area contributed by atoms with Crippen LogP contribution in [0.25, 0.3) is 0 Å². The number of hydrogen-bond acceptors (Lipinski definition) is 2. The molecule has 1 saturated carbocycles. The molecule has 2 atom stereocenters. The standard InChI is InChI=1S/C12H17NO/c14-12-4-2-1-3-11(12)9-10-5-7-13-8-6-10/h5-8,11-12,14H,1-4,9H2. The van der Waals surface area contributed by atoms with Gasteiger partial charge in [0.2, 0.25) is 0 Å². The molecule has 1 aromatic rings. The molecule has 0 saturated heterocycles. The number of hydrogen-bond donors (Lipinski definition) is 1. The molecule has 0 bridgehead atoms. The van der Waals surface area contributed by atoms with Crippen LogP contribution < -0.4 is 0 Å². The molecule has 1 aliphatic rings. The lowest BCUT2D eigenvalue weighted by molar-refractivity contribution is 0.0700. The molecule has 2 heteroatoms. The molecule has 2 nitrogen and oxygen atoms in total. The smallest absolute Gasteiger partial charge is 0.0571 e. The van der Waals surface area contributed by atoms with Gasteiger partial charge in [0.05, 0.1) is 6.10 Å². The van der Waals surface area contributed by atoms with Gasteiger partial charge >= 0.3 is 0 Å². The summed E-state index contributed by atoms with van der Waals surface area (Å²) in [5.41, 5.74) is 1.30. The Morgan fingerprint density at radius 3 is 2.64 bits per heavy atom. The summed E-state index contributed by atoms with van der Waals surface area (Å²) in [6.07, 6.45) is 9.18. The molecule has 0 radical (unpaired) electrons. The normalized spacial score (nSPS) is 27.5. The Bertz CT molecular complexity index is 273. The van der Waals surface area contributed by atoms with E-state index in [1.54, 1.807) is 0 Å². The van der Waals surface area contributed by atoms with Gasteiger partial charge in [-0.2, -0.15) is 0 Å². The van der Waals surface area contributed by atoms with E-state index in [1.807, 2.05) is 24.5 Å². The molecule has 2 rings (SSSR count). The fraction of sp³-hybridized carbons (Fsp3) is 0.583. The molecule has 0 amide bonds. The third-order valence-electron chi connectivity index (χ3n) is 3.12. The zero-order valence-electron chi connectivity index (χ0n) is 8.39. The van der Waals surface area contributed by atoms with Gasteiger partial charge in [0.15, 0.2) is 0 Å². The van der Waals surface area contributed by atoms with Gasteiger partial charge in [-0.05, 0) is 42.9 Å². The number of rotatable bonds is 2. The van der Waals surface area contributed by atoms with Crippen LogP contribution in [0.5, 0.6) is 0 Å². The molecular weight excluding hydrogens is 174 g/mol. The minimum absolute atomic E-state index is 0.0862. The topological polar surface area (TPSA) is 33.1 Å². The molecule has 1 fully saturated rings. The Morgan fingerprint density at radius 1 is 1.21 bits per heavy atom. The van der Waals surface area contributed by atoms with Crippen LogP contribution >= 0.6 is 0 Å². The number of aliphatic hydroxyl groups excluding tert-OH is 1. The first-order valence-electron chi connectivity index (χ1n) is 5.43. The second-order valence-electron chi connectivity index (χ2n) is 4.17. The summed E-state index contributed by atoms with van der Waals surface area (Å²) in [5.74, 6) is 0.464. The molecule has 1 aromatic heterocycles. The van der Waals surface area contributed by atoms with Gasteiger partial charge in [-0.25, -0.2) is 0 Å². The van der Waals surface area contributed by atoms with Crippen molar-refractivity contribution in [2.75, 3.05) is 0 Å². The molecular formula is C12H17NO. The SMILES string of the molecule is OC1CCCCC1Cc1ccncc1. The highest BCUT2D eigenvalue weighted by Crippen LogP contribution is 2.27. The van der Waals surface area contributed by atoms with Crippen molar-refractivity contribution >= 4 is 0 Å². The van der Waals surface area contributed by atoms with Gasteiger partial charge in [0.1, 0.15) is 0 Å². The van der Waals surface area contributed by atoms with E-state index < -0.39 is 0 Å². The molecule has 0 spiro atoms. The van der Waals surface area contributed by atoms with E-state index in [0.717, 1.165) is 12.8 Å². The van der Waals surface area contributed by atoms with Crippen LogP contribution in [-0.4, -0.2) is 16.2 Å². The Balaban J connectivity index is 1.96. The molecule has 76 valence electrons. The Morgan fingerprint density at radius 2 is 1.93 bits per heavy atom. The summed E-state index contributed by atoms with van der Waals surface area (Å²) in [7, 11) is 0. The first-order valence-corrected chi connectivity index (χ1v) is 5.43. The maximum Gasteiger partial charge on any atom is 0.0571 e. The van der Waals surface area contributed by atoms with Gasteiger partial charge in [0, 0.05) is 12.4 Å². The third-order valence-corrected chi connectivity index (χ3v) is 3.12. The fourth-order valence-corrected chi connectivity index (χ4v) is 2.25. The highest BCUT2D eigenvalue weighted by Gasteiger charge is 2.22. The average Bonchev–Trinajstić information content (AvgIpc) is 2.23. The van der Waals surface area contributed by atoms with Crippen molar-refractivity contribution in [3.05, 3.63) is 30.1 Å². The van der Waals surface area contributed by atoms with Crippen molar-refractivity contribution in [3.63, 3.8) is 0 Å². The molecule has 2 unspecified atom stereocenters. The minimum Gasteiger partial charge on any atom is -0.393 e. The monoisotopic (exact) mass is 191 g/mol. The van der Waals surface area contributed by atoms with Crippen molar-refractivity contribution in [2.24, 2.45) is 5.92 Å². The summed E-state index contributed by atoms with van der Waals surface area (Å²) in [6.45, 7) is 0. The van der Waals surface area contributed by atoms with Gasteiger partial charge in [-0.3, -0.25) is 4.98 Å². The van der Waals surface area contributed by atoms with Gasteiger partial charge in [0.25, 0.3) is 0 Å². The second-order valence-corrected chi connectivity index (χ2v) is 4.17. The van der Waals surface area contributed by atoms with Gasteiger partial charge in [-0.1, -0.05) is 12.8 Å². The molecule has 1 heterocycles. The Hall–Kier alpha value is -0.890. The van der Waals surface area contributed by atoms with E-state index in [-0.39, 0.29) is 6.10 Å². The Kier molecular flexibility index (Phi) is 3.14. The third kappa shape index (κ3) is 2.32. The molecule has 1 N–H and O–H groups in total. The predicted octanol–water partition coefficient (Wildman–Crippen LogP) is 2.18. The predicted molar refractivity (Wildman–Crippen MR) is 55.9 cm³/mol. The van der Waals surface area contributed by atoms with E-state index in [0.29, 0.717) is 5.92 Å². The van der Waals surface area contributed by atoms with Crippen LogP contribution in [0.2, 0.25) is 0 Å². The van der Waals surface area contributed by atoms with Crippen molar-refractivity contribution in [2.45, 2.75) is 38.2 Å². The van der Waals surface area contributed by atoms with E-state index in [4.69, 9.17) is 0 Å². The lowest BCUT2D eigenvalue weighted by atomic mass is 9.83. The minimum atomic E-state index is -0.0862. The largest absolute Gasteiger partial charge is 0.393 e. The second kappa shape index (κ2) is 4.56. The zero-order valence-corrected chi connectivity index (χ0v) is 8.39. The summed E-state index contributed by atoms with van der Waals surface area (Å²) in [4.78, 5) is 3.99. The van der Waals surface area contributed by atoms with Gasteiger partial charge < -0.3 is 5.11 Å². The first kappa shape index (κ1) is 9.66. The number of pyridine rings is 1. The quantitative estimate of drug-likeness (QED) is 0.777. The summed E-state index contributed by atoms with van der Waals surface area (Å²) < 4.78 is 0. The lowest BCUT2D eigenvalue weighted by Gasteiger charge is -2.27. The van der Waals surface area contributed by atoms with Gasteiger partial charge in [-0.15, -0.1) is 0 Å². The zero-order chi connectivity index (χ0) is 9.80. The first-order chi connectivity index (χ1) is 6.86. The molecule has 1 aliphatic carbocycles. The average molecular weight is 191 g/mol. The number of aromatic nitrogens is 1. The molecule has 14 heavy (non-hydrogen) atoms. The molecule has 0 aromatic carbocycles. The fourth-order valence-electron chi connectivity index (χ4n) is 2.25. The van der Waals surface area contributed by atoms with Crippen molar-refractivity contribution in [1.82, 2.24) is 4.98 Å². The van der Waals surface area contributed by atoms with E-state index >= 15 is 0 Å². The van der Waals surface area contributed by atoms with Crippen LogP contribution in [-0.2, 0) is 6.42 Å². The maximum absolute atomic E-state index is 9.81. The maximum atomic E-state index is 9.81. The summed E-state index contributed by atoms with van der Waals surface area (Å²) >= 11 is 0. The highest BCUT2D eigenvalue weighted by molar-refractivity contribution is 5.11. The van der Waals surface area contributed by atoms with Crippen LogP contribution in [0.3, 0.4) is 0 Å². The van der Waals surface area contributed by atoms with E-state index in [9.17, 15) is 5.11 Å². The van der Waals surface area contributed by atoms with Crippen molar-refractivity contribution < 1.29 is 5.11 Å². The summed E-state index contributed by atoms with van der Waals surface area (Å²) in [6, 6.07) is 4.09. The summed E-state index contributed by atoms with van der Waals surface area (Å²) in [5, 5.41) is 9.81. The lowest BCUT2D eigenvalue weighted by Crippen LogP contribution is -2.26. The van der Waals surface area contributed by atoms with Crippen LogP contribution in [0.1, 0.15) is 31.2 Å². The van der Waals surface area contributed by atoms with Crippen molar-refractivity contribution in [1.29, 1.82) is 0 Å². The molecule has 0 aliphatic heterocycles. The number of nitrogens with zero attached hydrogens (tertiary/aromatic N) is 1. The van der Waals surface area contributed by atoms with Crippen LogP contribution in [0.15, 0.2) is 24.5 Å². The van der Waals surface area contributed by atoms with Crippen molar-refractivity contribution in [3.8, 4) is 0 Å². The van der Waals surface area contributed by atoms with Crippen LogP contribution in [0.4, 0.5) is 0 Å². The van der Waals surface area contributed by atoms with Crippen LogP contribution in [0, 0.1) is 5.92 Å². The number of aliphatic hydroxyl groups is 1. The highest BCUT2D eigenvalue weighted by atomic mass is 16.3. The van der Waals surface area contributed by atoms with E-state index in [1.165, 1.54) is 24.8 Å². The Labute approximate surface area is 85.0 Å². The van der Waals surface area contributed by atoms with E-state index in [2.05, 4.69) is 4.98 Å².